The van der Waals surface area contributed by atoms with Crippen LogP contribution in [0.4, 0.5) is 0 Å². The van der Waals surface area contributed by atoms with E-state index < -0.39 is 0 Å². The molecule has 7 heavy (non-hydrogen) atoms. The molecule has 1 aliphatic rings. The van der Waals surface area contributed by atoms with Crippen molar-refractivity contribution in [3.8, 4) is 0 Å². The summed E-state index contributed by atoms with van der Waals surface area (Å²) in [4.78, 5) is 0. The van der Waals surface area contributed by atoms with Crippen molar-refractivity contribution in [2.24, 2.45) is 0 Å². The van der Waals surface area contributed by atoms with Gasteiger partial charge in [-0.1, -0.05) is 28.5 Å². The summed E-state index contributed by atoms with van der Waals surface area (Å²) >= 11 is 0. The third-order valence-corrected chi connectivity index (χ3v) is 7.81. The number of hydrogen-bond acceptors (Lipinski definition) is 4. The van der Waals surface area contributed by atoms with Crippen LogP contribution in [0.3, 0.4) is 0 Å². The maximum Gasteiger partial charge on any atom is 0.0230 e. The highest BCUT2D eigenvalue weighted by Crippen LogP contribution is 2.50. The minimum Gasteiger partial charge on any atom is -0.0806 e. The molecule has 0 aromatic rings. The van der Waals surface area contributed by atoms with E-state index in [1.807, 2.05) is 41.2 Å². The monoisotopic (exact) mass is 170 g/mol. The minimum atomic E-state index is 0.858. The van der Waals surface area contributed by atoms with Gasteiger partial charge in [0.15, 0.2) is 0 Å². The molecule has 0 aromatic heterocycles. The summed E-state index contributed by atoms with van der Waals surface area (Å²) in [5, 5.41) is 0.858. The molecule has 1 atom stereocenters. The molecule has 0 saturated carbocycles. The molecule has 0 spiro atoms. The largest absolute Gasteiger partial charge is 0.0806 e. The smallest absolute Gasteiger partial charge is 0.0230 e. The van der Waals surface area contributed by atoms with E-state index in [4.69, 9.17) is 0 Å². The average molecular weight is 170 g/mol. The van der Waals surface area contributed by atoms with Crippen LogP contribution in [0.25, 0.3) is 0 Å². The lowest BCUT2D eigenvalue weighted by atomic mass is 10.6. The predicted molar refractivity (Wildman–Crippen MR) is 44.7 cm³/mol. The molecule has 1 aliphatic heterocycles. The second kappa shape index (κ2) is 3.43. The van der Waals surface area contributed by atoms with Gasteiger partial charge in [-0.2, -0.15) is 0 Å². The molecule has 0 nitrogen and oxygen atoms in total. The highest BCUT2D eigenvalue weighted by atomic mass is 33.7. The summed E-state index contributed by atoms with van der Waals surface area (Å²) in [5.41, 5.74) is 0. The first-order valence-corrected chi connectivity index (χ1v) is 7.06. The zero-order valence-electron chi connectivity index (χ0n) is 3.92. The Kier molecular flexibility index (Phi) is 3.19. The molecule has 4 heteroatoms. The quantitative estimate of drug-likeness (QED) is 0.512. The summed E-state index contributed by atoms with van der Waals surface area (Å²) in [6.07, 6.45) is 0. The third-order valence-electron chi connectivity index (χ3n) is 0.582. The Morgan fingerprint density at radius 1 is 1.43 bits per heavy atom. The van der Waals surface area contributed by atoms with Gasteiger partial charge < -0.3 is 0 Å². The summed E-state index contributed by atoms with van der Waals surface area (Å²) < 4.78 is 0. The van der Waals surface area contributed by atoms with Crippen LogP contribution in [-0.2, 0) is 0 Å². The second-order valence-corrected chi connectivity index (χ2v) is 7.72. The lowest BCUT2D eigenvalue weighted by Crippen LogP contribution is -1.97. The number of rotatable bonds is 0. The van der Waals surface area contributed by atoms with E-state index in [-0.39, 0.29) is 0 Å². The molecule has 0 N–H and O–H groups in total. The van der Waals surface area contributed by atoms with E-state index in [1.54, 1.807) is 0 Å². The zero-order chi connectivity index (χ0) is 5.11. The average Bonchev–Trinajstić information content (AvgIpc) is 1.69. The van der Waals surface area contributed by atoms with Crippen molar-refractivity contribution in [1.29, 1.82) is 0 Å². The van der Waals surface area contributed by atoms with Crippen molar-refractivity contribution in [2.45, 2.75) is 12.2 Å². The Labute approximate surface area is 59.2 Å². The van der Waals surface area contributed by atoms with Gasteiger partial charge in [0.05, 0.1) is 0 Å². The van der Waals surface area contributed by atoms with E-state index >= 15 is 0 Å². The first-order chi connectivity index (χ1) is 3.39. The maximum absolute atomic E-state index is 2.27. The van der Waals surface area contributed by atoms with Gasteiger partial charge in [-0.05, 0) is 19.7 Å². The second-order valence-electron chi connectivity index (χ2n) is 1.33. The van der Waals surface area contributed by atoms with Crippen molar-refractivity contribution < 1.29 is 0 Å². The minimum absolute atomic E-state index is 0.858. The SMILES string of the molecule is C[C@H]1CSSSS1. The van der Waals surface area contributed by atoms with Crippen LogP contribution in [0.15, 0.2) is 0 Å². The van der Waals surface area contributed by atoms with E-state index in [0.29, 0.717) is 0 Å². The fourth-order valence-electron chi connectivity index (χ4n) is 0.254. The lowest BCUT2D eigenvalue weighted by Gasteiger charge is -2.12. The molecular formula is C3H6S4. The first-order valence-electron chi connectivity index (χ1n) is 2.01. The highest BCUT2D eigenvalue weighted by Gasteiger charge is 2.08. The Bertz CT molecular complexity index is 48.9. The first kappa shape index (κ1) is 6.52. The van der Waals surface area contributed by atoms with E-state index in [2.05, 4.69) is 6.92 Å². The van der Waals surface area contributed by atoms with E-state index in [9.17, 15) is 0 Å². The molecule has 0 aliphatic carbocycles. The Morgan fingerprint density at radius 3 is 2.57 bits per heavy atom. The molecular weight excluding hydrogens is 164 g/mol. The molecule has 0 aromatic carbocycles. The number of hydrogen-bond donors (Lipinski definition) is 0. The van der Waals surface area contributed by atoms with Crippen LogP contribution in [0.5, 0.6) is 0 Å². The van der Waals surface area contributed by atoms with Gasteiger partial charge in [0, 0.05) is 11.0 Å². The maximum atomic E-state index is 2.27. The molecule has 0 radical (unpaired) electrons. The highest BCUT2D eigenvalue weighted by molar-refractivity contribution is 9.26. The molecule has 1 fully saturated rings. The van der Waals surface area contributed by atoms with Gasteiger partial charge in [-0.15, -0.1) is 0 Å². The van der Waals surface area contributed by atoms with Crippen LogP contribution in [0.2, 0.25) is 0 Å². The Morgan fingerprint density at radius 2 is 2.29 bits per heavy atom. The van der Waals surface area contributed by atoms with Crippen molar-refractivity contribution in [2.75, 3.05) is 5.75 Å². The van der Waals surface area contributed by atoms with Crippen molar-refractivity contribution in [1.82, 2.24) is 0 Å². The summed E-state index contributed by atoms with van der Waals surface area (Å²) in [6, 6.07) is 0. The standard InChI is InChI=1S/C3H6S4/c1-3-2-4-6-7-5-3/h3H,2H2,1H3/t3-/m0/s1. The molecule has 1 rings (SSSR count). The summed E-state index contributed by atoms with van der Waals surface area (Å²) in [6.45, 7) is 2.27. The summed E-state index contributed by atoms with van der Waals surface area (Å²) in [7, 11) is 7.73. The van der Waals surface area contributed by atoms with E-state index in [0.717, 1.165) is 5.25 Å². The topological polar surface area (TPSA) is 0 Å². The Balaban J connectivity index is 2.12. The molecule has 42 valence electrons. The van der Waals surface area contributed by atoms with Crippen LogP contribution in [-0.4, -0.2) is 11.0 Å². The van der Waals surface area contributed by atoms with Crippen LogP contribution >= 0.6 is 41.2 Å². The van der Waals surface area contributed by atoms with Crippen LogP contribution < -0.4 is 0 Å². The van der Waals surface area contributed by atoms with Gasteiger partial charge in [0.1, 0.15) is 0 Å². The zero-order valence-corrected chi connectivity index (χ0v) is 7.18. The van der Waals surface area contributed by atoms with Crippen molar-refractivity contribution in [3.63, 3.8) is 0 Å². The van der Waals surface area contributed by atoms with Crippen LogP contribution in [0.1, 0.15) is 6.92 Å². The van der Waals surface area contributed by atoms with Gasteiger partial charge >= 0.3 is 0 Å². The molecule has 0 bridgehead atoms. The van der Waals surface area contributed by atoms with Gasteiger partial charge in [0.2, 0.25) is 0 Å². The molecule has 1 saturated heterocycles. The van der Waals surface area contributed by atoms with Gasteiger partial charge in [0.25, 0.3) is 0 Å². The predicted octanol–water partition coefficient (Wildman–Crippen LogP) is 3.07. The lowest BCUT2D eigenvalue weighted by molar-refractivity contribution is 1.15. The normalized spacial score (nSPS) is 33.0. The molecule has 0 amide bonds. The summed E-state index contributed by atoms with van der Waals surface area (Å²) in [5.74, 6) is 1.31. The van der Waals surface area contributed by atoms with E-state index in [1.165, 1.54) is 5.75 Å². The third kappa shape index (κ3) is 2.44. The van der Waals surface area contributed by atoms with Gasteiger partial charge in [-0.25, -0.2) is 0 Å². The fourth-order valence-corrected chi connectivity index (χ4v) is 7.56. The molecule has 1 heterocycles. The Hall–Kier alpha value is 1.40. The van der Waals surface area contributed by atoms with Crippen molar-refractivity contribution in [3.05, 3.63) is 0 Å². The van der Waals surface area contributed by atoms with Crippen molar-refractivity contribution >= 4 is 41.2 Å². The molecule has 0 unspecified atom stereocenters. The van der Waals surface area contributed by atoms with Gasteiger partial charge in [-0.3, -0.25) is 0 Å². The van der Waals surface area contributed by atoms with Crippen LogP contribution in [0, 0.1) is 0 Å². The fraction of sp³-hybridized carbons (Fsp3) is 1.00.